The number of carbonyl (C=O) groups is 1. The summed E-state index contributed by atoms with van der Waals surface area (Å²) in [6.45, 7) is 0. The third-order valence-corrected chi connectivity index (χ3v) is 3.38. The summed E-state index contributed by atoms with van der Waals surface area (Å²) in [5.74, 6) is -1.62. The number of nitro groups is 1. The predicted molar refractivity (Wildman–Crippen MR) is 81.7 cm³/mol. The Labute approximate surface area is 132 Å². The fraction of sp³-hybridized carbons (Fsp3) is 0.0833. The molecule has 0 atom stereocenters. The molecule has 0 saturated heterocycles. The number of anilines is 2. The average molecular weight is 339 g/mol. The van der Waals surface area contributed by atoms with E-state index in [9.17, 15) is 24.1 Å². The molecule has 0 aliphatic heterocycles. The molecule has 9 nitrogen and oxygen atoms in total. The second kappa shape index (κ2) is 6.87. The minimum Gasteiger partial charge on any atom is -0.383 e. The van der Waals surface area contributed by atoms with E-state index in [1.807, 2.05) is 0 Å². The molecule has 1 amide bonds. The summed E-state index contributed by atoms with van der Waals surface area (Å²) in [7, 11) is 0. The first kappa shape index (κ1) is 16.4. The summed E-state index contributed by atoms with van der Waals surface area (Å²) in [6.07, 6.45) is 0. The monoisotopic (exact) mass is 339 g/mol. The maximum absolute atomic E-state index is 13.2. The van der Waals surface area contributed by atoms with Gasteiger partial charge in [0.15, 0.2) is 5.16 Å². The first-order chi connectivity index (χ1) is 10.8. The van der Waals surface area contributed by atoms with Crippen LogP contribution in [0.4, 0.5) is 21.6 Å². The molecule has 0 bridgehead atoms. The van der Waals surface area contributed by atoms with Gasteiger partial charge in [0.05, 0.1) is 10.7 Å². The lowest BCUT2D eigenvalue weighted by molar-refractivity contribution is -0.387. The van der Waals surface area contributed by atoms with Crippen molar-refractivity contribution in [2.75, 3.05) is 16.8 Å². The van der Waals surface area contributed by atoms with E-state index in [2.05, 4.69) is 15.3 Å². The van der Waals surface area contributed by atoms with Crippen LogP contribution in [0.2, 0.25) is 0 Å². The Kier molecular flexibility index (Phi) is 4.91. The molecule has 120 valence electrons. The van der Waals surface area contributed by atoms with Gasteiger partial charge in [-0.25, -0.2) is 4.98 Å². The van der Waals surface area contributed by atoms with E-state index in [0.717, 1.165) is 30.0 Å². The summed E-state index contributed by atoms with van der Waals surface area (Å²) in [6, 6.07) is 4.10. The van der Waals surface area contributed by atoms with Crippen molar-refractivity contribution in [3.63, 3.8) is 0 Å². The number of nitrogen functional groups attached to an aromatic ring is 1. The third-order valence-electron chi connectivity index (χ3n) is 2.51. The highest BCUT2D eigenvalue weighted by Crippen LogP contribution is 2.22. The molecule has 1 aromatic carbocycles. The molecule has 11 heteroatoms. The summed E-state index contributed by atoms with van der Waals surface area (Å²) in [5.41, 5.74) is 4.30. The number of nitrogens with zero attached hydrogens (tertiary/aromatic N) is 2. The molecule has 2 aromatic rings. The van der Waals surface area contributed by atoms with Crippen LogP contribution in [0, 0.1) is 15.9 Å². The Balaban J connectivity index is 2.01. The van der Waals surface area contributed by atoms with Gasteiger partial charge in [0.25, 0.3) is 5.56 Å². The minimum absolute atomic E-state index is 0.0193. The highest BCUT2D eigenvalue weighted by molar-refractivity contribution is 7.99. The lowest BCUT2D eigenvalue weighted by Crippen LogP contribution is -2.16. The molecule has 0 spiro atoms. The van der Waals surface area contributed by atoms with Crippen molar-refractivity contribution in [3.8, 4) is 0 Å². The largest absolute Gasteiger partial charge is 0.383 e. The number of carbonyl (C=O) groups excluding carboxylic acids is 1. The van der Waals surface area contributed by atoms with Gasteiger partial charge in [0.2, 0.25) is 11.7 Å². The molecule has 0 unspecified atom stereocenters. The molecule has 0 fully saturated rings. The van der Waals surface area contributed by atoms with Gasteiger partial charge in [-0.1, -0.05) is 11.8 Å². The van der Waals surface area contributed by atoms with Gasteiger partial charge in [-0.15, -0.1) is 0 Å². The lowest BCUT2D eigenvalue weighted by atomic mass is 10.2. The van der Waals surface area contributed by atoms with Gasteiger partial charge < -0.3 is 16.0 Å². The topological polar surface area (TPSA) is 144 Å². The molecule has 1 aromatic heterocycles. The van der Waals surface area contributed by atoms with Gasteiger partial charge in [-0.05, 0) is 12.1 Å². The van der Waals surface area contributed by atoms with Crippen LogP contribution in [0.5, 0.6) is 0 Å². The second-order valence-corrected chi connectivity index (χ2v) is 5.20. The van der Waals surface area contributed by atoms with E-state index in [1.165, 1.54) is 6.07 Å². The van der Waals surface area contributed by atoms with Crippen molar-refractivity contribution >= 4 is 34.9 Å². The smallest absolute Gasteiger partial charge is 0.306 e. The van der Waals surface area contributed by atoms with E-state index in [4.69, 9.17) is 5.73 Å². The zero-order chi connectivity index (χ0) is 17.0. The van der Waals surface area contributed by atoms with Crippen molar-refractivity contribution in [1.29, 1.82) is 0 Å². The van der Waals surface area contributed by atoms with Crippen LogP contribution in [-0.4, -0.2) is 26.6 Å². The number of nitrogens with one attached hydrogen (secondary N) is 2. The minimum atomic E-state index is -0.996. The van der Waals surface area contributed by atoms with Crippen LogP contribution in [0.3, 0.4) is 0 Å². The molecule has 2 rings (SSSR count). The Hall–Kier alpha value is -2.95. The van der Waals surface area contributed by atoms with Crippen LogP contribution in [-0.2, 0) is 4.79 Å². The number of amides is 1. The Morgan fingerprint density at radius 3 is 2.87 bits per heavy atom. The summed E-state index contributed by atoms with van der Waals surface area (Å²) >= 11 is 0.923. The fourth-order valence-corrected chi connectivity index (χ4v) is 2.27. The fourth-order valence-electron chi connectivity index (χ4n) is 1.58. The van der Waals surface area contributed by atoms with Crippen LogP contribution in [0.15, 0.2) is 34.2 Å². The maximum atomic E-state index is 13.2. The van der Waals surface area contributed by atoms with Gasteiger partial charge >= 0.3 is 5.69 Å². The number of H-pyrrole nitrogens is 1. The summed E-state index contributed by atoms with van der Waals surface area (Å²) in [5, 5.41) is 13.2. The highest BCUT2D eigenvalue weighted by Gasteiger charge is 2.15. The summed E-state index contributed by atoms with van der Waals surface area (Å²) < 4.78 is 13.2. The number of hydrogen-bond donors (Lipinski definition) is 3. The Bertz CT molecular complexity index is 825. The van der Waals surface area contributed by atoms with E-state index in [-0.39, 0.29) is 22.4 Å². The molecule has 1 heterocycles. The lowest BCUT2D eigenvalue weighted by Gasteiger charge is -2.05. The van der Waals surface area contributed by atoms with E-state index >= 15 is 0 Å². The molecule has 0 aliphatic carbocycles. The number of halogens is 1. The van der Waals surface area contributed by atoms with Crippen molar-refractivity contribution in [1.82, 2.24) is 9.97 Å². The number of nitrogens with two attached hydrogens (primary N) is 1. The number of benzene rings is 1. The zero-order valence-electron chi connectivity index (χ0n) is 11.4. The molecular weight excluding hydrogens is 329 g/mol. The number of thioether (sulfide) groups is 1. The van der Waals surface area contributed by atoms with Crippen molar-refractivity contribution in [3.05, 3.63) is 50.6 Å². The average Bonchev–Trinajstić information content (AvgIpc) is 2.46. The second-order valence-electron chi connectivity index (χ2n) is 4.24. The van der Waals surface area contributed by atoms with Crippen LogP contribution in [0.25, 0.3) is 0 Å². The zero-order valence-corrected chi connectivity index (χ0v) is 12.2. The first-order valence-corrected chi connectivity index (χ1v) is 7.07. The molecular formula is C12H10FN5O4S. The normalized spacial score (nSPS) is 10.3. The quantitative estimate of drug-likeness (QED) is 0.320. The number of hydrogen-bond acceptors (Lipinski definition) is 7. The van der Waals surface area contributed by atoms with Crippen molar-refractivity contribution < 1.29 is 14.1 Å². The van der Waals surface area contributed by atoms with Gasteiger partial charge in [0, 0.05) is 17.8 Å². The van der Waals surface area contributed by atoms with Gasteiger partial charge in [-0.3, -0.25) is 19.7 Å². The third kappa shape index (κ3) is 4.51. The standard InChI is InChI=1S/C12H10FN5O4S/c13-7-2-1-6(3-8(7)18(21)22)15-11(20)5-23-12-16-9(14)4-10(19)17-12/h1-4H,5H2,(H,15,20)(H3,14,16,17,19). The predicted octanol–water partition coefficient (Wildman–Crippen LogP) is 1.13. The maximum Gasteiger partial charge on any atom is 0.306 e. The van der Waals surface area contributed by atoms with E-state index in [1.54, 1.807) is 0 Å². The summed E-state index contributed by atoms with van der Waals surface area (Å²) in [4.78, 5) is 38.9. The molecule has 0 radical (unpaired) electrons. The highest BCUT2D eigenvalue weighted by atomic mass is 32.2. The van der Waals surface area contributed by atoms with Crippen LogP contribution in [0.1, 0.15) is 0 Å². The Morgan fingerprint density at radius 1 is 1.48 bits per heavy atom. The molecule has 0 aliphatic rings. The Morgan fingerprint density at radius 2 is 2.22 bits per heavy atom. The van der Waals surface area contributed by atoms with E-state index < -0.39 is 27.9 Å². The number of nitro benzene ring substituents is 1. The number of rotatable bonds is 5. The first-order valence-electron chi connectivity index (χ1n) is 6.08. The van der Waals surface area contributed by atoms with E-state index in [0.29, 0.717) is 0 Å². The van der Waals surface area contributed by atoms with Crippen LogP contribution < -0.4 is 16.6 Å². The van der Waals surface area contributed by atoms with Gasteiger partial charge in [-0.2, -0.15) is 4.39 Å². The number of aromatic amines is 1. The molecule has 0 saturated carbocycles. The van der Waals surface area contributed by atoms with Crippen molar-refractivity contribution in [2.45, 2.75) is 5.16 Å². The number of aromatic nitrogens is 2. The van der Waals surface area contributed by atoms with Crippen molar-refractivity contribution in [2.24, 2.45) is 0 Å². The molecule has 4 N–H and O–H groups in total. The molecule has 23 heavy (non-hydrogen) atoms. The SMILES string of the molecule is Nc1cc(=O)[nH]c(SCC(=O)Nc2ccc(F)c([N+](=O)[O-])c2)n1. The van der Waals surface area contributed by atoms with Crippen LogP contribution >= 0.6 is 11.8 Å². The van der Waals surface area contributed by atoms with Gasteiger partial charge in [0.1, 0.15) is 5.82 Å².